The summed E-state index contributed by atoms with van der Waals surface area (Å²) in [5, 5.41) is 7.49. The maximum Gasteiger partial charge on any atom is 0.247 e. The van der Waals surface area contributed by atoms with Gasteiger partial charge < -0.3 is 13.9 Å². The zero-order chi connectivity index (χ0) is 17.6. The van der Waals surface area contributed by atoms with Crippen molar-refractivity contribution in [3.63, 3.8) is 0 Å². The van der Waals surface area contributed by atoms with Crippen LogP contribution in [0.5, 0.6) is 11.5 Å². The second kappa shape index (κ2) is 7.61. The smallest absolute Gasteiger partial charge is 0.247 e. The van der Waals surface area contributed by atoms with Gasteiger partial charge in [-0.15, -0.1) is 10.2 Å². The number of carbonyl (C=O) groups is 1. The van der Waals surface area contributed by atoms with Crippen LogP contribution in [0.2, 0.25) is 0 Å². The fraction of sp³-hybridized carbons (Fsp3) is 0.211. The zero-order valence-corrected chi connectivity index (χ0v) is 14.0. The monoisotopic (exact) mass is 338 g/mol. The van der Waals surface area contributed by atoms with Crippen molar-refractivity contribution < 1.29 is 18.7 Å². The van der Waals surface area contributed by atoms with Crippen LogP contribution >= 0.6 is 0 Å². The first-order valence-electron chi connectivity index (χ1n) is 7.97. The van der Waals surface area contributed by atoms with Gasteiger partial charge in [0.25, 0.3) is 0 Å². The molecule has 1 aromatic heterocycles. The average molecular weight is 338 g/mol. The number of ketones is 1. The minimum absolute atomic E-state index is 0.0935. The van der Waals surface area contributed by atoms with E-state index in [4.69, 9.17) is 13.9 Å². The molecule has 0 amide bonds. The highest BCUT2D eigenvalue weighted by Gasteiger charge is 2.17. The lowest BCUT2D eigenvalue weighted by atomic mass is 10.1. The molecule has 0 radical (unpaired) electrons. The molecular weight excluding hydrogens is 320 g/mol. The highest BCUT2D eigenvalue weighted by Crippen LogP contribution is 2.22. The summed E-state index contributed by atoms with van der Waals surface area (Å²) in [5.74, 6) is 1.67. The van der Waals surface area contributed by atoms with Gasteiger partial charge >= 0.3 is 0 Å². The Kier molecular flexibility index (Phi) is 5.09. The molecule has 0 saturated heterocycles. The van der Waals surface area contributed by atoms with Gasteiger partial charge in [0.05, 0.1) is 6.61 Å². The fourth-order valence-electron chi connectivity index (χ4n) is 2.35. The molecule has 6 heteroatoms. The van der Waals surface area contributed by atoms with Crippen molar-refractivity contribution in [3.05, 3.63) is 60.5 Å². The van der Waals surface area contributed by atoms with Gasteiger partial charge in [0.1, 0.15) is 11.5 Å². The summed E-state index contributed by atoms with van der Waals surface area (Å²) in [4.78, 5) is 12.5. The number of benzene rings is 2. The highest BCUT2D eigenvalue weighted by molar-refractivity contribution is 5.99. The molecule has 0 fully saturated rings. The minimum atomic E-state index is -0.604. The van der Waals surface area contributed by atoms with Crippen molar-refractivity contribution in [2.24, 2.45) is 0 Å². The Labute approximate surface area is 145 Å². The zero-order valence-electron chi connectivity index (χ0n) is 14.0. The molecule has 0 N–H and O–H groups in total. The lowest BCUT2D eigenvalue weighted by Gasteiger charge is -2.14. The van der Waals surface area contributed by atoms with Crippen LogP contribution in [-0.4, -0.2) is 28.7 Å². The van der Waals surface area contributed by atoms with Crippen LogP contribution in [-0.2, 0) is 0 Å². The molecule has 128 valence electrons. The molecule has 0 aliphatic heterocycles. The maximum absolute atomic E-state index is 12.5. The molecule has 0 unspecified atom stereocenters. The standard InChI is InChI=1S/C19H18N2O4/c1-3-23-16-8-4-14(5-9-16)18(22)13(2)25-17-10-6-15(7-11-17)19-21-20-12-24-19/h4-13H,3H2,1-2H3/t13-/m0/s1. The quantitative estimate of drug-likeness (QED) is 0.610. The van der Waals surface area contributed by atoms with E-state index in [1.807, 2.05) is 6.92 Å². The number of Topliss-reactive ketones (excluding diaryl/α,β-unsaturated/α-hetero) is 1. The molecule has 0 aliphatic rings. The topological polar surface area (TPSA) is 74.5 Å². The summed E-state index contributed by atoms with van der Waals surface area (Å²) in [6.07, 6.45) is 0.671. The average Bonchev–Trinajstić information content (AvgIpc) is 3.17. The summed E-state index contributed by atoms with van der Waals surface area (Å²) in [5.41, 5.74) is 1.37. The van der Waals surface area contributed by atoms with E-state index in [1.54, 1.807) is 55.5 Å². The Hall–Kier alpha value is -3.15. The van der Waals surface area contributed by atoms with E-state index >= 15 is 0 Å². The first-order valence-corrected chi connectivity index (χ1v) is 7.97. The largest absolute Gasteiger partial charge is 0.494 e. The normalized spacial score (nSPS) is 11.8. The van der Waals surface area contributed by atoms with Crippen molar-refractivity contribution in [3.8, 4) is 23.0 Å². The van der Waals surface area contributed by atoms with Gasteiger partial charge in [0.2, 0.25) is 18.1 Å². The molecule has 1 heterocycles. The second-order valence-electron chi connectivity index (χ2n) is 5.35. The molecule has 25 heavy (non-hydrogen) atoms. The van der Waals surface area contributed by atoms with Gasteiger partial charge in [-0.1, -0.05) is 0 Å². The van der Waals surface area contributed by atoms with Crippen LogP contribution < -0.4 is 9.47 Å². The van der Waals surface area contributed by atoms with Gasteiger partial charge in [0, 0.05) is 11.1 Å². The third-order valence-corrected chi connectivity index (χ3v) is 3.59. The molecule has 2 aromatic carbocycles. The molecule has 1 atom stereocenters. The van der Waals surface area contributed by atoms with Crippen molar-refractivity contribution in [2.75, 3.05) is 6.61 Å². The van der Waals surface area contributed by atoms with Crippen LogP contribution in [0.1, 0.15) is 24.2 Å². The summed E-state index contributed by atoms with van der Waals surface area (Å²) in [6, 6.07) is 14.2. The third-order valence-electron chi connectivity index (χ3n) is 3.59. The Balaban J connectivity index is 1.64. The lowest BCUT2D eigenvalue weighted by molar-refractivity contribution is 0.0818. The predicted octanol–water partition coefficient (Wildman–Crippen LogP) is 3.79. The molecule has 0 aliphatic carbocycles. The van der Waals surface area contributed by atoms with Gasteiger partial charge in [-0.3, -0.25) is 4.79 Å². The van der Waals surface area contributed by atoms with E-state index in [2.05, 4.69) is 10.2 Å². The van der Waals surface area contributed by atoms with E-state index in [0.29, 0.717) is 23.8 Å². The number of carbonyl (C=O) groups excluding carboxylic acids is 1. The Morgan fingerprint density at radius 3 is 2.36 bits per heavy atom. The number of nitrogens with zero attached hydrogens (tertiary/aromatic N) is 2. The van der Waals surface area contributed by atoms with Crippen LogP contribution in [0.15, 0.2) is 59.3 Å². The van der Waals surface area contributed by atoms with E-state index in [9.17, 15) is 4.79 Å². The maximum atomic E-state index is 12.5. The first kappa shape index (κ1) is 16.7. The number of hydrogen-bond acceptors (Lipinski definition) is 6. The minimum Gasteiger partial charge on any atom is -0.494 e. The predicted molar refractivity (Wildman–Crippen MR) is 91.8 cm³/mol. The van der Waals surface area contributed by atoms with Crippen LogP contribution in [0.3, 0.4) is 0 Å². The Morgan fingerprint density at radius 2 is 1.76 bits per heavy atom. The van der Waals surface area contributed by atoms with E-state index in [-0.39, 0.29) is 5.78 Å². The Morgan fingerprint density at radius 1 is 1.08 bits per heavy atom. The van der Waals surface area contributed by atoms with Crippen molar-refractivity contribution in [1.82, 2.24) is 10.2 Å². The van der Waals surface area contributed by atoms with Crippen molar-refractivity contribution in [1.29, 1.82) is 0 Å². The SMILES string of the molecule is CCOc1ccc(C(=O)[C@H](C)Oc2ccc(-c3nnco3)cc2)cc1. The molecule has 0 spiro atoms. The molecule has 6 nitrogen and oxygen atoms in total. The van der Waals surface area contributed by atoms with Crippen molar-refractivity contribution >= 4 is 5.78 Å². The van der Waals surface area contributed by atoms with Gasteiger partial charge in [0.15, 0.2) is 6.10 Å². The molecular formula is C19H18N2O4. The van der Waals surface area contributed by atoms with Gasteiger partial charge in [-0.25, -0.2) is 0 Å². The Bertz CT molecular complexity index is 812. The summed E-state index contributed by atoms with van der Waals surface area (Å²) in [6.45, 7) is 4.23. The third kappa shape index (κ3) is 4.03. The van der Waals surface area contributed by atoms with Gasteiger partial charge in [-0.05, 0) is 62.4 Å². The van der Waals surface area contributed by atoms with Crippen LogP contribution in [0.4, 0.5) is 0 Å². The number of hydrogen-bond donors (Lipinski definition) is 0. The molecule has 3 rings (SSSR count). The summed E-state index contributed by atoms with van der Waals surface area (Å²) >= 11 is 0. The number of rotatable bonds is 7. The van der Waals surface area contributed by atoms with Crippen LogP contribution in [0.25, 0.3) is 11.5 Å². The molecule has 3 aromatic rings. The van der Waals surface area contributed by atoms with E-state index in [1.165, 1.54) is 6.39 Å². The number of aromatic nitrogens is 2. The van der Waals surface area contributed by atoms with E-state index < -0.39 is 6.10 Å². The molecule has 0 saturated carbocycles. The van der Waals surface area contributed by atoms with Gasteiger partial charge in [-0.2, -0.15) is 0 Å². The van der Waals surface area contributed by atoms with E-state index in [0.717, 1.165) is 11.3 Å². The second-order valence-corrected chi connectivity index (χ2v) is 5.35. The lowest BCUT2D eigenvalue weighted by Crippen LogP contribution is -2.23. The summed E-state index contributed by atoms with van der Waals surface area (Å²) < 4.78 is 16.2. The number of ether oxygens (including phenoxy) is 2. The highest BCUT2D eigenvalue weighted by atomic mass is 16.5. The fourth-order valence-corrected chi connectivity index (χ4v) is 2.35. The summed E-state index contributed by atoms with van der Waals surface area (Å²) in [7, 11) is 0. The van der Waals surface area contributed by atoms with Crippen LogP contribution in [0, 0.1) is 0 Å². The van der Waals surface area contributed by atoms with Crippen molar-refractivity contribution in [2.45, 2.75) is 20.0 Å². The first-order chi connectivity index (χ1) is 12.2. The molecule has 0 bridgehead atoms.